The lowest BCUT2D eigenvalue weighted by Crippen LogP contribution is -1.94. The van der Waals surface area contributed by atoms with E-state index >= 15 is 0 Å². The summed E-state index contributed by atoms with van der Waals surface area (Å²) in [4.78, 5) is 16.0. The third kappa shape index (κ3) is 5.03. The summed E-state index contributed by atoms with van der Waals surface area (Å²) in [5, 5.41) is 2.41. The van der Waals surface area contributed by atoms with Gasteiger partial charge in [0.1, 0.15) is 5.75 Å². The molecule has 0 spiro atoms. The fraction of sp³-hybridized carbons (Fsp3) is 0.217. The number of rotatable bonds is 8. The minimum absolute atomic E-state index is 0.166. The molecule has 26 heavy (non-hydrogen) atoms. The van der Waals surface area contributed by atoms with Crippen LogP contribution >= 0.6 is 0 Å². The lowest BCUT2D eigenvalue weighted by molar-refractivity contribution is -0.114. The van der Waals surface area contributed by atoms with E-state index in [2.05, 4.69) is 29.2 Å². The predicted octanol–water partition coefficient (Wildman–Crippen LogP) is 5.24. The molecule has 0 saturated carbocycles. The number of ketones is 1. The minimum Gasteiger partial charge on any atom is -0.497 e. The summed E-state index contributed by atoms with van der Waals surface area (Å²) in [6, 6.07) is 16.4. The van der Waals surface area contributed by atoms with Gasteiger partial charge in [-0.3, -0.25) is 9.78 Å². The highest BCUT2D eigenvalue weighted by Gasteiger charge is 2.01. The van der Waals surface area contributed by atoms with Crippen LogP contribution in [0.3, 0.4) is 0 Å². The van der Waals surface area contributed by atoms with Crippen molar-refractivity contribution >= 4 is 22.6 Å². The topological polar surface area (TPSA) is 39.2 Å². The zero-order valence-corrected chi connectivity index (χ0v) is 15.0. The number of carbonyl (C=O) groups is 1. The van der Waals surface area contributed by atoms with E-state index in [9.17, 15) is 4.79 Å². The highest BCUT2D eigenvalue weighted by Crippen LogP contribution is 2.22. The second kappa shape index (κ2) is 8.95. The first-order chi connectivity index (χ1) is 12.7. The zero-order chi connectivity index (χ0) is 18.2. The van der Waals surface area contributed by atoms with E-state index in [1.54, 1.807) is 25.6 Å². The van der Waals surface area contributed by atoms with Gasteiger partial charge >= 0.3 is 0 Å². The number of allylic oxidation sites excluding steroid dienone is 1. The molecule has 3 nitrogen and oxygen atoms in total. The van der Waals surface area contributed by atoms with Crippen LogP contribution in [0.25, 0.3) is 16.8 Å². The number of aromatic nitrogens is 1. The number of ether oxygens (including phenoxy) is 1. The van der Waals surface area contributed by atoms with Gasteiger partial charge in [0, 0.05) is 18.8 Å². The number of methoxy groups -OCH3 is 1. The Hall–Kier alpha value is -2.94. The third-order valence-corrected chi connectivity index (χ3v) is 4.40. The summed E-state index contributed by atoms with van der Waals surface area (Å²) in [5.41, 5.74) is 2.26. The average molecular weight is 345 g/mol. The highest BCUT2D eigenvalue weighted by molar-refractivity contribution is 5.93. The third-order valence-electron chi connectivity index (χ3n) is 4.40. The summed E-state index contributed by atoms with van der Waals surface area (Å²) >= 11 is 0. The maximum absolute atomic E-state index is 11.9. The van der Waals surface area contributed by atoms with Crippen molar-refractivity contribution in [3.8, 4) is 5.75 Å². The van der Waals surface area contributed by atoms with E-state index in [1.807, 2.05) is 30.3 Å². The number of hydrogen-bond acceptors (Lipinski definition) is 3. The Bertz CT molecular complexity index is 900. The monoisotopic (exact) mass is 345 g/mol. The average Bonchev–Trinajstić information content (AvgIpc) is 2.70. The predicted molar refractivity (Wildman–Crippen MR) is 106 cm³/mol. The Kier molecular flexibility index (Phi) is 6.15. The number of carbonyl (C=O) groups excluding carboxylic acids is 1. The van der Waals surface area contributed by atoms with E-state index in [0.717, 1.165) is 30.6 Å². The number of benzene rings is 2. The zero-order valence-electron chi connectivity index (χ0n) is 15.0. The molecule has 0 bridgehead atoms. The van der Waals surface area contributed by atoms with Crippen LogP contribution in [0.1, 0.15) is 30.4 Å². The van der Waals surface area contributed by atoms with Crippen molar-refractivity contribution in [1.82, 2.24) is 4.98 Å². The van der Waals surface area contributed by atoms with Crippen molar-refractivity contribution in [1.29, 1.82) is 0 Å². The Morgan fingerprint density at radius 3 is 2.73 bits per heavy atom. The molecule has 1 heterocycles. The van der Waals surface area contributed by atoms with Crippen molar-refractivity contribution in [3.63, 3.8) is 0 Å². The van der Waals surface area contributed by atoms with Crippen LogP contribution in [-0.4, -0.2) is 17.9 Å². The SMILES string of the molecule is COc1ccc2cc(CCCCC(=O)C=Cc3cccnc3)ccc2c1. The molecule has 3 rings (SSSR count). The summed E-state index contributed by atoms with van der Waals surface area (Å²) in [6.45, 7) is 0. The van der Waals surface area contributed by atoms with Crippen LogP contribution in [0.4, 0.5) is 0 Å². The lowest BCUT2D eigenvalue weighted by Gasteiger charge is -2.06. The quantitative estimate of drug-likeness (QED) is 0.414. The standard InChI is InChI=1S/C23H23NO2/c1-26-23-13-11-20-15-18(8-10-21(20)16-23)5-2-3-7-22(25)12-9-19-6-4-14-24-17-19/h4,6,8-17H,2-3,5,7H2,1H3. The normalized spacial score (nSPS) is 11.1. The molecule has 0 unspecified atom stereocenters. The number of hydrogen-bond donors (Lipinski definition) is 0. The second-order valence-electron chi connectivity index (χ2n) is 6.34. The molecule has 132 valence electrons. The van der Waals surface area contributed by atoms with Gasteiger partial charge in [0.15, 0.2) is 5.78 Å². The number of unbranched alkanes of at least 4 members (excludes halogenated alkanes) is 1. The molecule has 0 aliphatic rings. The number of pyridine rings is 1. The van der Waals surface area contributed by atoms with Gasteiger partial charge in [-0.1, -0.05) is 30.3 Å². The number of fused-ring (bicyclic) bond motifs is 1. The van der Waals surface area contributed by atoms with Crippen LogP contribution in [-0.2, 0) is 11.2 Å². The second-order valence-corrected chi connectivity index (χ2v) is 6.34. The van der Waals surface area contributed by atoms with Gasteiger partial charge in [-0.2, -0.15) is 0 Å². The van der Waals surface area contributed by atoms with Crippen LogP contribution in [0.5, 0.6) is 5.75 Å². The largest absolute Gasteiger partial charge is 0.497 e. The van der Waals surface area contributed by atoms with Gasteiger partial charge in [0.05, 0.1) is 7.11 Å². The molecule has 0 saturated heterocycles. The van der Waals surface area contributed by atoms with Crippen molar-refractivity contribution in [3.05, 3.63) is 78.1 Å². The van der Waals surface area contributed by atoms with E-state index in [1.165, 1.54) is 16.3 Å². The highest BCUT2D eigenvalue weighted by atomic mass is 16.5. The molecule has 2 aromatic carbocycles. The smallest absolute Gasteiger partial charge is 0.155 e. The van der Waals surface area contributed by atoms with Crippen LogP contribution < -0.4 is 4.74 Å². The molecule has 3 heteroatoms. The first-order valence-electron chi connectivity index (χ1n) is 8.92. The first-order valence-corrected chi connectivity index (χ1v) is 8.92. The van der Waals surface area contributed by atoms with Gasteiger partial charge in [-0.25, -0.2) is 0 Å². The fourth-order valence-corrected chi connectivity index (χ4v) is 2.93. The van der Waals surface area contributed by atoms with Crippen LogP contribution in [0.2, 0.25) is 0 Å². The van der Waals surface area contributed by atoms with E-state index in [-0.39, 0.29) is 5.78 Å². The van der Waals surface area contributed by atoms with Gasteiger partial charge in [0.25, 0.3) is 0 Å². The molecule has 1 aromatic heterocycles. The molecule has 0 fully saturated rings. The molecule has 0 atom stereocenters. The van der Waals surface area contributed by atoms with Crippen LogP contribution in [0, 0.1) is 0 Å². The summed E-state index contributed by atoms with van der Waals surface area (Å²) in [7, 11) is 1.68. The Morgan fingerprint density at radius 1 is 1.08 bits per heavy atom. The minimum atomic E-state index is 0.166. The molecule has 3 aromatic rings. The molecule has 0 aliphatic carbocycles. The Labute approximate surface area is 154 Å². The van der Waals surface area contributed by atoms with Crippen LogP contribution in [0.15, 0.2) is 67.0 Å². The summed E-state index contributed by atoms with van der Waals surface area (Å²) < 4.78 is 5.26. The number of aryl methyl sites for hydroxylation is 1. The van der Waals surface area contributed by atoms with Crippen molar-refractivity contribution in [2.75, 3.05) is 7.11 Å². The van der Waals surface area contributed by atoms with E-state index < -0.39 is 0 Å². The first kappa shape index (κ1) is 17.9. The van der Waals surface area contributed by atoms with Crippen molar-refractivity contribution in [2.45, 2.75) is 25.7 Å². The van der Waals surface area contributed by atoms with Gasteiger partial charge in [-0.05, 0) is 71.5 Å². The molecule has 0 radical (unpaired) electrons. The van der Waals surface area contributed by atoms with Gasteiger partial charge in [-0.15, -0.1) is 0 Å². The maximum Gasteiger partial charge on any atom is 0.155 e. The maximum atomic E-state index is 11.9. The molecular formula is C23H23NO2. The fourth-order valence-electron chi connectivity index (χ4n) is 2.93. The Balaban J connectivity index is 1.46. The Morgan fingerprint density at radius 2 is 1.92 bits per heavy atom. The lowest BCUT2D eigenvalue weighted by atomic mass is 10.0. The van der Waals surface area contributed by atoms with Gasteiger partial charge < -0.3 is 4.74 Å². The van der Waals surface area contributed by atoms with Crippen molar-refractivity contribution in [2.24, 2.45) is 0 Å². The molecular weight excluding hydrogens is 322 g/mol. The number of nitrogens with zero attached hydrogens (tertiary/aromatic N) is 1. The van der Waals surface area contributed by atoms with E-state index in [4.69, 9.17) is 4.74 Å². The van der Waals surface area contributed by atoms with Gasteiger partial charge in [0.2, 0.25) is 0 Å². The van der Waals surface area contributed by atoms with Crippen molar-refractivity contribution < 1.29 is 9.53 Å². The molecule has 0 N–H and O–H groups in total. The summed E-state index contributed by atoms with van der Waals surface area (Å²) in [6.07, 6.45) is 10.4. The summed E-state index contributed by atoms with van der Waals surface area (Å²) in [5.74, 6) is 1.04. The molecule has 0 amide bonds. The molecule has 0 aliphatic heterocycles. The van der Waals surface area contributed by atoms with E-state index in [0.29, 0.717) is 6.42 Å².